The van der Waals surface area contributed by atoms with E-state index in [0.717, 1.165) is 35.6 Å². The number of halogens is 1. The van der Waals surface area contributed by atoms with Crippen LogP contribution in [-0.2, 0) is 13.0 Å². The van der Waals surface area contributed by atoms with Gasteiger partial charge >= 0.3 is 0 Å². The molecule has 2 heterocycles. The summed E-state index contributed by atoms with van der Waals surface area (Å²) >= 11 is 7.33. The van der Waals surface area contributed by atoms with Gasteiger partial charge in [0.1, 0.15) is 10.0 Å². The predicted molar refractivity (Wildman–Crippen MR) is 83.1 cm³/mol. The number of piperidine rings is 1. The third-order valence-corrected chi connectivity index (χ3v) is 4.94. The zero-order valence-electron chi connectivity index (χ0n) is 11.3. The Morgan fingerprint density at radius 1 is 1.20 bits per heavy atom. The standard InChI is InChI=1S/C15H18ClN3S/c16-15-14(17-18-20-15)11-19-8-6-13(7-9-19)10-12-4-2-1-3-5-12/h1-5,13H,6-11H2. The van der Waals surface area contributed by atoms with Crippen LogP contribution in [0.25, 0.3) is 0 Å². The highest BCUT2D eigenvalue weighted by Crippen LogP contribution is 2.24. The third-order valence-electron chi connectivity index (χ3n) is 3.96. The number of rotatable bonds is 4. The van der Waals surface area contributed by atoms with Gasteiger partial charge in [-0.05, 0) is 43.8 Å². The maximum absolute atomic E-state index is 6.06. The Morgan fingerprint density at radius 3 is 2.60 bits per heavy atom. The first kappa shape index (κ1) is 14.0. The van der Waals surface area contributed by atoms with Crippen LogP contribution in [0.5, 0.6) is 0 Å². The van der Waals surface area contributed by atoms with Crippen molar-refractivity contribution in [1.82, 2.24) is 14.5 Å². The second-order valence-electron chi connectivity index (χ2n) is 5.40. The van der Waals surface area contributed by atoms with Crippen molar-refractivity contribution in [3.8, 4) is 0 Å². The van der Waals surface area contributed by atoms with E-state index in [-0.39, 0.29) is 0 Å². The van der Waals surface area contributed by atoms with E-state index in [1.165, 1.54) is 36.4 Å². The molecule has 2 aromatic rings. The van der Waals surface area contributed by atoms with E-state index in [1.807, 2.05) is 0 Å². The Hall–Kier alpha value is -0.970. The molecule has 0 unspecified atom stereocenters. The molecule has 0 aliphatic carbocycles. The minimum absolute atomic E-state index is 0.733. The summed E-state index contributed by atoms with van der Waals surface area (Å²) in [6, 6.07) is 10.8. The van der Waals surface area contributed by atoms with E-state index in [1.54, 1.807) is 0 Å². The van der Waals surface area contributed by atoms with E-state index in [9.17, 15) is 0 Å². The zero-order chi connectivity index (χ0) is 13.8. The van der Waals surface area contributed by atoms with Crippen molar-refractivity contribution in [3.63, 3.8) is 0 Å². The van der Waals surface area contributed by atoms with Crippen LogP contribution in [0.2, 0.25) is 4.34 Å². The van der Waals surface area contributed by atoms with E-state index in [2.05, 4.69) is 44.8 Å². The molecule has 0 amide bonds. The van der Waals surface area contributed by atoms with Crippen molar-refractivity contribution in [2.45, 2.75) is 25.8 Å². The molecule has 0 atom stereocenters. The highest BCUT2D eigenvalue weighted by molar-refractivity contribution is 7.10. The largest absolute Gasteiger partial charge is 0.297 e. The third kappa shape index (κ3) is 3.57. The van der Waals surface area contributed by atoms with Crippen LogP contribution >= 0.6 is 23.1 Å². The van der Waals surface area contributed by atoms with Crippen molar-refractivity contribution < 1.29 is 0 Å². The minimum Gasteiger partial charge on any atom is -0.297 e. The number of likely N-dealkylation sites (tertiary alicyclic amines) is 1. The summed E-state index contributed by atoms with van der Waals surface area (Å²) < 4.78 is 4.62. The molecule has 3 rings (SSSR count). The Kier molecular flexibility index (Phi) is 4.65. The van der Waals surface area contributed by atoms with Crippen molar-refractivity contribution in [3.05, 3.63) is 45.9 Å². The monoisotopic (exact) mass is 307 g/mol. The lowest BCUT2D eigenvalue weighted by molar-refractivity contribution is 0.175. The molecule has 3 nitrogen and oxygen atoms in total. The fourth-order valence-corrected chi connectivity index (χ4v) is 3.41. The first-order valence-corrected chi connectivity index (χ1v) is 8.19. The summed E-state index contributed by atoms with van der Waals surface area (Å²) in [5.41, 5.74) is 2.39. The Balaban J connectivity index is 1.49. The molecule has 5 heteroatoms. The van der Waals surface area contributed by atoms with Crippen LogP contribution in [0, 0.1) is 5.92 Å². The molecule has 1 saturated heterocycles. The average Bonchev–Trinajstić information content (AvgIpc) is 2.88. The van der Waals surface area contributed by atoms with Gasteiger partial charge in [0.25, 0.3) is 0 Å². The van der Waals surface area contributed by atoms with Gasteiger partial charge in [-0.2, -0.15) is 0 Å². The van der Waals surface area contributed by atoms with E-state index in [0.29, 0.717) is 0 Å². The maximum Gasteiger partial charge on any atom is 0.138 e. The van der Waals surface area contributed by atoms with Crippen molar-refractivity contribution in [1.29, 1.82) is 0 Å². The van der Waals surface area contributed by atoms with Crippen LogP contribution in [0.3, 0.4) is 0 Å². The minimum atomic E-state index is 0.733. The fraction of sp³-hybridized carbons (Fsp3) is 0.467. The molecule has 1 fully saturated rings. The normalized spacial score (nSPS) is 17.4. The molecule has 1 aromatic heterocycles. The summed E-state index contributed by atoms with van der Waals surface area (Å²) in [4.78, 5) is 2.43. The number of benzene rings is 1. The van der Waals surface area contributed by atoms with Crippen LogP contribution in [0.15, 0.2) is 30.3 Å². The fourth-order valence-electron chi connectivity index (χ4n) is 2.80. The first-order valence-electron chi connectivity index (χ1n) is 7.04. The lowest BCUT2D eigenvalue weighted by Crippen LogP contribution is -2.34. The first-order chi connectivity index (χ1) is 9.81. The van der Waals surface area contributed by atoms with E-state index < -0.39 is 0 Å². The van der Waals surface area contributed by atoms with Crippen molar-refractivity contribution in [2.75, 3.05) is 13.1 Å². The lowest BCUT2D eigenvalue weighted by Gasteiger charge is -2.31. The molecule has 1 aliphatic heterocycles. The molecule has 1 aliphatic rings. The zero-order valence-corrected chi connectivity index (χ0v) is 12.9. The summed E-state index contributed by atoms with van der Waals surface area (Å²) in [5.74, 6) is 0.803. The van der Waals surface area contributed by atoms with Crippen LogP contribution in [-0.4, -0.2) is 27.6 Å². The van der Waals surface area contributed by atoms with Gasteiger partial charge in [0.15, 0.2) is 0 Å². The molecule has 0 bridgehead atoms. The van der Waals surface area contributed by atoms with Gasteiger partial charge in [0.2, 0.25) is 0 Å². The summed E-state index contributed by atoms with van der Waals surface area (Å²) in [7, 11) is 0. The highest BCUT2D eigenvalue weighted by atomic mass is 35.5. The van der Waals surface area contributed by atoms with E-state index >= 15 is 0 Å². The number of hydrogen-bond donors (Lipinski definition) is 0. The van der Waals surface area contributed by atoms with Gasteiger partial charge in [0, 0.05) is 18.1 Å². The summed E-state index contributed by atoms with van der Waals surface area (Å²) in [6.45, 7) is 3.10. The van der Waals surface area contributed by atoms with Crippen LogP contribution in [0.4, 0.5) is 0 Å². The molecule has 0 N–H and O–H groups in total. The summed E-state index contributed by atoms with van der Waals surface area (Å²) in [6.07, 6.45) is 3.71. The second-order valence-corrected chi connectivity index (χ2v) is 6.76. The smallest absolute Gasteiger partial charge is 0.138 e. The van der Waals surface area contributed by atoms with Gasteiger partial charge in [0.05, 0.1) is 0 Å². The molecular weight excluding hydrogens is 290 g/mol. The van der Waals surface area contributed by atoms with Crippen LogP contribution in [0.1, 0.15) is 24.1 Å². The maximum atomic E-state index is 6.06. The molecule has 0 spiro atoms. The Labute approximate surface area is 128 Å². The molecule has 20 heavy (non-hydrogen) atoms. The van der Waals surface area contributed by atoms with Crippen LogP contribution < -0.4 is 0 Å². The predicted octanol–water partition coefficient (Wildman–Crippen LogP) is 3.65. The highest BCUT2D eigenvalue weighted by Gasteiger charge is 2.21. The molecule has 106 valence electrons. The lowest BCUT2D eigenvalue weighted by atomic mass is 9.90. The Bertz CT molecular complexity index is 535. The van der Waals surface area contributed by atoms with Gasteiger partial charge in [-0.15, -0.1) is 5.10 Å². The molecule has 0 saturated carbocycles. The second kappa shape index (κ2) is 6.66. The van der Waals surface area contributed by atoms with E-state index in [4.69, 9.17) is 11.6 Å². The SMILES string of the molecule is Clc1snnc1CN1CCC(Cc2ccccc2)CC1. The van der Waals surface area contributed by atoms with Crippen molar-refractivity contribution >= 4 is 23.1 Å². The molecule has 0 radical (unpaired) electrons. The quantitative estimate of drug-likeness (QED) is 0.863. The van der Waals surface area contributed by atoms with Crippen molar-refractivity contribution in [2.24, 2.45) is 5.92 Å². The van der Waals surface area contributed by atoms with Gasteiger partial charge in [-0.3, -0.25) is 4.90 Å². The van der Waals surface area contributed by atoms with Gasteiger partial charge < -0.3 is 0 Å². The Morgan fingerprint density at radius 2 is 1.95 bits per heavy atom. The average molecular weight is 308 g/mol. The molecular formula is C15H18ClN3S. The van der Waals surface area contributed by atoms with Gasteiger partial charge in [-0.25, -0.2) is 0 Å². The topological polar surface area (TPSA) is 29.0 Å². The number of aromatic nitrogens is 2. The number of nitrogens with zero attached hydrogens (tertiary/aromatic N) is 3. The van der Waals surface area contributed by atoms with Gasteiger partial charge in [-0.1, -0.05) is 46.4 Å². The molecule has 1 aromatic carbocycles. The summed E-state index contributed by atoms with van der Waals surface area (Å²) in [5, 5.41) is 4.09. The number of hydrogen-bond acceptors (Lipinski definition) is 4.